The maximum Gasteiger partial charge on any atom is 0.160 e. The molecule has 0 rings (SSSR count). The molecule has 0 atom stereocenters. The van der Waals surface area contributed by atoms with Crippen molar-refractivity contribution in [3.63, 3.8) is 0 Å². The smallest absolute Gasteiger partial charge is 0.160 e. The average Bonchev–Trinajstić information content (AvgIpc) is 2.00. The Morgan fingerprint density at radius 1 is 1.36 bits per heavy atom. The summed E-state index contributed by atoms with van der Waals surface area (Å²) in [7, 11) is 0. The highest BCUT2D eigenvalue weighted by molar-refractivity contribution is 5.93. The minimum absolute atomic E-state index is 0.00306. The molecule has 0 aromatic rings. The van der Waals surface area contributed by atoms with Crippen LogP contribution in [0.5, 0.6) is 0 Å². The van der Waals surface area contributed by atoms with E-state index in [0.29, 0.717) is 0 Å². The zero-order valence-corrected chi connectivity index (χ0v) is 10.1. The van der Waals surface area contributed by atoms with Crippen molar-refractivity contribution in [3.05, 3.63) is 12.7 Å². The highest BCUT2D eigenvalue weighted by Crippen LogP contribution is 2.29. The quantitative estimate of drug-likeness (QED) is 0.663. The predicted molar refractivity (Wildman–Crippen MR) is 61.4 cm³/mol. The number of ketones is 1. The molecule has 0 aliphatic heterocycles. The zero-order valence-electron chi connectivity index (χ0n) is 10.1. The molecular formula is C12H23NO. The highest BCUT2D eigenvalue weighted by atomic mass is 16.1. The number of hydrogen-bond acceptors (Lipinski definition) is 2. The second-order valence-electron chi connectivity index (χ2n) is 5.04. The third kappa shape index (κ3) is 4.05. The average molecular weight is 197 g/mol. The number of nitrogens with one attached hydrogen (secondary N) is 1. The molecule has 2 heteroatoms. The fourth-order valence-corrected chi connectivity index (χ4v) is 2.01. The molecule has 0 aliphatic rings. The molecule has 2 nitrogen and oxygen atoms in total. The summed E-state index contributed by atoms with van der Waals surface area (Å²) in [5.41, 5.74) is -0.329. The molecule has 82 valence electrons. The summed E-state index contributed by atoms with van der Waals surface area (Å²) in [6.45, 7) is 14.7. The summed E-state index contributed by atoms with van der Waals surface area (Å²) in [6, 6.07) is 0. The van der Waals surface area contributed by atoms with Crippen LogP contribution >= 0.6 is 0 Å². The molecule has 14 heavy (non-hydrogen) atoms. The van der Waals surface area contributed by atoms with Crippen LogP contribution in [0.4, 0.5) is 0 Å². The number of carbonyl (C=O) groups excluding carboxylic acids is 1. The minimum atomic E-state index is -0.326. The maximum absolute atomic E-state index is 11.6. The second kappa shape index (κ2) is 4.74. The van der Waals surface area contributed by atoms with Gasteiger partial charge in [0.15, 0.2) is 5.78 Å². The fraction of sp³-hybridized carbons (Fsp3) is 0.750. The van der Waals surface area contributed by atoms with Gasteiger partial charge in [-0.2, -0.15) is 0 Å². The van der Waals surface area contributed by atoms with Gasteiger partial charge in [-0.1, -0.05) is 27.4 Å². The molecule has 0 amide bonds. The Bertz CT molecular complexity index is 216. The molecule has 0 saturated carbocycles. The Morgan fingerprint density at radius 3 is 2.21 bits per heavy atom. The zero-order chi connectivity index (χ0) is 11.4. The van der Waals surface area contributed by atoms with Gasteiger partial charge in [0.2, 0.25) is 0 Å². The van der Waals surface area contributed by atoms with Gasteiger partial charge in [0.05, 0.1) is 0 Å². The lowest BCUT2D eigenvalue weighted by Crippen LogP contribution is -2.44. The molecule has 0 aromatic carbocycles. The second-order valence-corrected chi connectivity index (χ2v) is 5.04. The molecule has 0 fully saturated rings. The van der Waals surface area contributed by atoms with Gasteiger partial charge in [0, 0.05) is 11.0 Å². The number of allylic oxidation sites excluding steroid dienone is 1. The van der Waals surface area contributed by atoms with Gasteiger partial charge in [-0.05, 0) is 32.9 Å². The van der Waals surface area contributed by atoms with Crippen LogP contribution in [0.2, 0.25) is 0 Å². The lowest BCUT2D eigenvalue weighted by Gasteiger charge is -2.34. The van der Waals surface area contributed by atoms with E-state index >= 15 is 0 Å². The van der Waals surface area contributed by atoms with Gasteiger partial charge in [-0.15, -0.1) is 0 Å². The van der Waals surface area contributed by atoms with Crippen LogP contribution in [0.15, 0.2) is 12.7 Å². The summed E-state index contributed by atoms with van der Waals surface area (Å²) in [6.07, 6.45) is 2.24. The van der Waals surface area contributed by atoms with Crippen molar-refractivity contribution in [3.8, 4) is 0 Å². The number of hydrogen-bond donors (Lipinski definition) is 1. The van der Waals surface area contributed by atoms with Crippen molar-refractivity contribution in [1.82, 2.24) is 5.32 Å². The normalized spacial score (nSPS) is 12.6. The van der Waals surface area contributed by atoms with Gasteiger partial charge >= 0.3 is 0 Å². The Morgan fingerprint density at radius 2 is 1.86 bits per heavy atom. The van der Waals surface area contributed by atoms with Gasteiger partial charge < -0.3 is 5.32 Å². The van der Waals surface area contributed by atoms with Crippen LogP contribution in [-0.2, 0) is 4.79 Å². The molecule has 0 saturated heterocycles. The summed E-state index contributed by atoms with van der Waals surface area (Å²) in [5.74, 6) is 0.114. The molecular weight excluding hydrogens is 174 g/mol. The lowest BCUT2D eigenvalue weighted by molar-refractivity contribution is -0.123. The van der Waals surface area contributed by atoms with E-state index in [1.54, 1.807) is 0 Å². The van der Waals surface area contributed by atoms with Gasteiger partial charge in [-0.3, -0.25) is 4.79 Å². The van der Waals surface area contributed by atoms with E-state index in [-0.39, 0.29) is 16.7 Å². The Kier molecular flexibility index (Phi) is 4.53. The van der Waals surface area contributed by atoms with Crippen LogP contribution in [0, 0.1) is 5.41 Å². The van der Waals surface area contributed by atoms with E-state index in [4.69, 9.17) is 0 Å². The van der Waals surface area contributed by atoms with Crippen LogP contribution in [0.3, 0.4) is 0 Å². The Hall–Kier alpha value is -0.630. The molecule has 0 aliphatic carbocycles. The predicted octanol–water partition coefficient (Wildman–Crippen LogP) is 2.55. The van der Waals surface area contributed by atoms with Crippen LogP contribution < -0.4 is 5.32 Å². The van der Waals surface area contributed by atoms with Crippen LogP contribution in [0.25, 0.3) is 0 Å². The molecule has 0 aromatic heterocycles. The molecule has 0 unspecified atom stereocenters. The fourth-order valence-electron chi connectivity index (χ4n) is 2.01. The molecule has 0 spiro atoms. The number of rotatable bonds is 6. The third-order valence-corrected chi connectivity index (χ3v) is 2.39. The van der Waals surface area contributed by atoms with Crippen LogP contribution in [0.1, 0.15) is 41.0 Å². The standard InChI is InChI=1S/C12H23NO/c1-7-10(14)11(3,4)9-12(5,6)13-8-2/h7,13H,1,8-9H2,2-6H3. The van der Waals surface area contributed by atoms with Crippen molar-refractivity contribution < 1.29 is 4.79 Å². The van der Waals surface area contributed by atoms with E-state index in [9.17, 15) is 4.79 Å². The summed E-state index contributed by atoms with van der Waals surface area (Å²) >= 11 is 0. The molecule has 1 N–H and O–H groups in total. The summed E-state index contributed by atoms with van der Waals surface area (Å²) < 4.78 is 0. The SMILES string of the molecule is C=CC(=O)C(C)(C)CC(C)(C)NCC. The van der Waals surface area contributed by atoms with E-state index < -0.39 is 0 Å². The van der Waals surface area contributed by atoms with Crippen molar-refractivity contribution in [2.75, 3.05) is 6.54 Å². The van der Waals surface area contributed by atoms with Crippen molar-refractivity contribution in [1.29, 1.82) is 0 Å². The lowest BCUT2D eigenvalue weighted by atomic mass is 9.77. The largest absolute Gasteiger partial charge is 0.312 e. The van der Waals surface area contributed by atoms with Crippen molar-refractivity contribution >= 4 is 5.78 Å². The first-order chi connectivity index (χ1) is 6.25. The van der Waals surface area contributed by atoms with Gasteiger partial charge in [-0.25, -0.2) is 0 Å². The van der Waals surface area contributed by atoms with Crippen molar-refractivity contribution in [2.45, 2.75) is 46.6 Å². The Labute approximate surface area is 87.8 Å². The topological polar surface area (TPSA) is 29.1 Å². The maximum atomic E-state index is 11.6. The Balaban J connectivity index is 4.48. The monoisotopic (exact) mass is 197 g/mol. The first-order valence-corrected chi connectivity index (χ1v) is 5.17. The van der Waals surface area contributed by atoms with E-state index in [1.165, 1.54) is 6.08 Å². The first kappa shape index (κ1) is 13.4. The van der Waals surface area contributed by atoms with Gasteiger partial charge in [0.25, 0.3) is 0 Å². The summed E-state index contributed by atoms with van der Waals surface area (Å²) in [5, 5.41) is 3.37. The first-order valence-electron chi connectivity index (χ1n) is 5.17. The van der Waals surface area contributed by atoms with Gasteiger partial charge in [0.1, 0.15) is 0 Å². The van der Waals surface area contributed by atoms with Crippen molar-refractivity contribution in [2.24, 2.45) is 5.41 Å². The van der Waals surface area contributed by atoms with E-state index in [1.807, 2.05) is 13.8 Å². The van der Waals surface area contributed by atoms with E-state index in [2.05, 4.69) is 32.7 Å². The minimum Gasteiger partial charge on any atom is -0.312 e. The summed E-state index contributed by atoms with van der Waals surface area (Å²) in [4.78, 5) is 11.6. The molecule has 0 heterocycles. The highest BCUT2D eigenvalue weighted by Gasteiger charge is 2.32. The molecule has 0 radical (unpaired) electrons. The van der Waals surface area contributed by atoms with E-state index in [0.717, 1.165) is 13.0 Å². The van der Waals surface area contributed by atoms with Crippen LogP contribution in [-0.4, -0.2) is 17.9 Å². The molecule has 0 bridgehead atoms. The number of carbonyl (C=O) groups is 1. The third-order valence-electron chi connectivity index (χ3n) is 2.39.